The fourth-order valence-corrected chi connectivity index (χ4v) is 2.83. The summed E-state index contributed by atoms with van der Waals surface area (Å²) in [5.74, 6) is 0.724. The van der Waals surface area contributed by atoms with E-state index < -0.39 is 0 Å². The Labute approximate surface area is 130 Å². The first-order valence-electron chi connectivity index (χ1n) is 6.13. The van der Waals surface area contributed by atoms with Crippen molar-refractivity contribution in [3.05, 3.63) is 16.1 Å². The van der Waals surface area contributed by atoms with Crippen LogP contribution in [0.5, 0.6) is 0 Å². The van der Waals surface area contributed by atoms with Crippen LogP contribution in [0.2, 0.25) is 0 Å². The molecule has 19 heavy (non-hydrogen) atoms. The van der Waals surface area contributed by atoms with Gasteiger partial charge in [0.05, 0.1) is 11.6 Å². The summed E-state index contributed by atoms with van der Waals surface area (Å²) < 4.78 is 0. The van der Waals surface area contributed by atoms with Crippen LogP contribution in [-0.2, 0) is 11.3 Å². The molecule has 0 bridgehead atoms. The number of carbonyl (C=O) groups is 1. The lowest BCUT2D eigenvalue weighted by Crippen LogP contribution is -2.32. The Morgan fingerprint density at radius 2 is 2.16 bits per heavy atom. The van der Waals surface area contributed by atoms with E-state index in [9.17, 15) is 4.79 Å². The van der Waals surface area contributed by atoms with Gasteiger partial charge in [0.1, 0.15) is 0 Å². The molecule has 4 nitrogen and oxygen atoms in total. The number of hydrogen-bond donors (Lipinski definition) is 2. The van der Waals surface area contributed by atoms with Crippen LogP contribution in [0.15, 0.2) is 6.20 Å². The molecule has 0 atom stereocenters. The first-order valence-corrected chi connectivity index (χ1v) is 6.94. The van der Waals surface area contributed by atoms with Gasteiger partial charge in [-0.1, -0.05) is 0 Å². The number of thiazole rings is 1. The molecule has 1 aromatic rings. The van der Waals surface area contributed by atoms with Crippen molar-refractivity contribution in [2.24, 2.45) is 5.92 Å². The van der Waals surface area contributed by atoms with Gasteiger partial charge in [-0.3, -0.25) is 4.79 Å². The number of halogens is 2. The first-order chi connectivity index (χ1) is 8.24. The van der Waals surface area contributed by atoms with Crippen LogP contribution in [0.3, 0.4) is 0 Å². The predicted octanol–water partition coefficient (Wildman–Crippen LogP) is 2.30. The smallest absolute Gasteiger partial charge is 0.220 e. The number of aryl methyl sites for hydroxylation is 1. The van der Waals surface area contributed by atoms with E-state index in [1.54, 1.807) is 11.3 Å². The summed E-state index contributed by atoms with van der Waals surface area (Å²) in [5, 5.41) is 7.33. The highest BCUT2D eigenvalue weighted by Gasteiger charge is 2.16. The molecule has 1 saturated heterocycles. The van der Waals surface area contributed by atoms with E-state index in [0.29, 0.717) is 18.9 Å². The van der Waals surface area contributed by atoms with Crippen molar-refractivity contribution < 1.29 is 4.79 Å². The van der Waals surface area contributed by atoms with Crippen molar-refractivity contribution in [1.82, 2.24) is 15.6 Å². The first kappa shape index (κ1) is 18.6. The van der Waals surface area contributed by atoms with Gasteiger partial charge in [-0.2, -0.15) is 0 Å². The summed E-state index contributed by atoms with van der Waals surface area (Å²) >= 11 is 1.64. The van der Waals surface area contributed by atoms with Crippen LogP contribution < -0.4 is 10.6 Å². The molecule has 1 amide bonds. The van der Waals surface area contributed by atoms with Gasteiger partial charge >= 0.3 is 0 Å². The van der Waals surface area contributed by atoms with Crippen LogP contribution in [0, 0.1) is 12.8 Å². The molecular weight excluding hydrogens is 305 g/mol. The van der Waals surface area contributed by atoms with E-state index in [4.69, 9.17) is 0 Å². The molecule has 0 spiro atoms. The largest absolute Gasteiger partial charge is 0.351 e. The van der Waals surface area contributed by atoms with Crippen molar-refractivity contribution in [2.45, 2.75) is 32.7 Å². The molecule has 7 heteroatoms. The van der Waals surface area contributed by atoms with Gasteiger partial charge in [0.2, 0.25) is 5.91 Å². The highest BCUT2D eigenvalue weighted by atomic mass is 35.5. The van der Waals surface area contributed by atoms with Gasteiger partial charge in [0.15, 0.2) is 0 Å². The van der Waals surface area contributed by atoms with E-state index in [1.807, 2.05) is 13.1 Å². The van der Waals surface area contributed by atoms with Gasteiger partial charge in [-0.25, -0.2) is 4.98 Å². The number of amides is 1. The van der Waals surface area contributed by atoms with Gasteiger partial charge in [-0.15, -0.1) is 36.2 Å². The molecule has 110 valence electrons. The monoisotopic (exact) mass is 325 g/mol. The van der Waals surface area contributed by atoms with Crippen LogP contribution in [0.1, 0.15) is 29.1 Å². The quantitative estimate of drug-likeness (QED) is 0.893. The van der Waals surface area contributed by atoms with Crippen molar-refractivity contribution in [1.29, 1.82) is 0 Å². The normalized spacial score (nSPS) is 15.2. The molecule has 0 radical (unpaired) electrons. The highest BCUT2D eigenvalue weighted by Crippen LogP contribution is 2.16. The van der Waals surface area contributed by atoms with Crippen molar-refractivity contribution >= 4 is 42.1 Å². The SMILES string of the molecule is Cc1ncc(CNC(=O)CC2CCNCC2)s1.Cl.Cl. The number of carbonyl (C=O) groups excluding carboxylic acids is 1. The standard InChI is InChI=1S/C12H19N3OS.2ClH/c1-9-14-7-11(17-9)8-15-12(16)6-10-2-4-13-5-3-10;;/h7,10,13H,2-6,8H2,1H3,(H,15,16);2*1H. The van der Waals surface area contributed by atoms with Gasteiger partial charge < -0.3 is 10.6 Å². The van der Waals surface area contributed by atoms with E-state index in [1.165, 1.54) is 0 Å². The molecule has 1 fully saturated rings. The van der Waals surface area contributed by atoms with E-state index >= 15 is 0 Å². The molecule has 0 aromatic carbocycles. The van der Waals surface area contributed by atoms with E-state index in [-0.39, 0.29) is 30.7 Å². The number of nitrogens with one attached hydrogen (secondary N) is 2. The third-order valence-corrected chi connectivity index (χ3v) is 3.97. The average molecular weight is 326 g/mol. The Morgan fingerprint density at radius 3 is 2.74 bits per heavy atom. The van der Waals surface area contributed by atoms with Crippen molar-refractivity contribution in [2.75, 3.05) is 13.1 Å². The zero-order valence-corrected chi connectivity index (χ0v) is 13.4. The molecule has 0 saturated carbocycles. The molecule has 2 N–H and O–H groups in total. The maximum atomic E-state index is 11.7. The molecular formula is C12H21Cl2N3OS. The Balaban J connectivity index is 0.00000162. The summed E-state index contributed by atoms with van der Waals surface area (Å²) in [6.07, 6.45) is 4.74. The number of aromatic nitrogens is 1. The number of hydrogen-bond acceptors (Lipinski definition) is 4. The predicted molar refractivity (Wildman–Crippen MR) is 83.4 cm³/mol. The van der Waals surface area contributed by atoms with Crippen LogP contribution in [0.25, 0.3) is 0 Å². The van der Waals surface area contributed by atoms with Gasteiger partial charge in [0.25, 0.3) is 0 Å². The fraction of sp³-hybridized carbons (Fsp3) is 0.667. The Morgan fingerprint density at radius 1 is 1.47 bits per heavy atom. The second-order valence-corrected chi connectivity index (χ2v) is 5.84. The summed E-state index contributed by atoms with van der Waals surface area (Å²) in [7, 11) is 0. The van der Waals surface area contributed by atoms with Crippen LogP contribution in [-0.4, -0.2) is 24.0 Å². The van der Waals surface area contributed by atoms with Crippen molar-refractivity contribution in [3.63, 3.8) is 0 Å². The van der Waals surface area contributed by atoms with E-state index in [0.717, 1.165) is 35.8 Å². The minimum atomic E-state index is 0. The number of rotatable bonds is 4. The molecule has 1 aromatic heterocycles. The maximum absolute atomic E-state index is 11.7. The number of piperidine rings is 1. The lowest BCUT2D eigenvalue weighted by molar-refractivity contribution is -0.122. The molecule has 1 aliphatic rings. The topological polar surface area (TPSA) is 54.0 Å². The third kappa shape index (κ3) is 6.56. The minimum absolute atomic E-state index is 0. The lowest BCUT2D eigenvalue weighted by atomic mass is 9.94. The Bertz CT molecular complexity index is 381. The zero-order chi connectivity index (χ0) is 12.1. The third-order valence-electron chi connectivity index (χ3n) is 3.06. The molecule has 0 unspecified atom stereocenters. The molecule has 2 rings (SSSR count). The molecule has 1 aliphatic heterocycles. The summed E-state index contributed by atoms with van der Waals surface area (Å²) in [4.78, 5) is 17.0. The van der Waals surface area contributed by atoms with E-state index in [2.05, 4.69) is 15.6 Å². The van der Waals surface area contributed by atoms with Crippen molar-refractivity contribution in [3.8, 4) is 0 Å². The van der Waals surface area contributed by atoms with Crippen LogP contribution in [0.4, 0.5) is 0 Å². The lowest BCUT2D eigenvalue weighted by Gasteiger charge is -2.21. The second-order valence-electron chi connectivity index (χ2n) is 4.52. The minimum Gasteiger partial charge on any atom is -0.351 e. The highest BCUT2D eigenvalue weighted by molar-refractivity contribution is 7.11. The van der Waals surface area contributed by atoms with Gasteiger partial charge in [-0.05, 0) is 38.8 Å². The second kappa shape index (κ2) is 9.53. The average Bonchev–Trinajstić information content (AvgIpc) is 2.74. The van der Waals surface area contributed by atoms with Gasteiger partial charge in [0, 0.05) is 17.5 Å². The van der Waals surface area contributed by atoms with Crippen LogP contribution >= 0.6 is 36.2 Å². The Hall–Kier alpha value is -0.360. The molecule has 2 heterocycles. The Kier molecular flexibility index (Phi) is 9.35. The number of nitrogens with zero attached hydrogens (tertiary/aromatic N) is 1. The molecule has 0 aliphatic carbocycles. The summed E-state index contributed by atoms with van der Waals surface area (Å²) in [6, 6.07) is 0. The fourth-order valence-electron chi connectivity index (χ4n) is 2.09. The summed E-state index contributed by atoms with van der Waals surface area (Å²) in [6.45, 7) is 4.69. The zero-order valence-electron chi connectivity index (χ0n) is 11.0. The summed E-state index contributed by atoms with van der Waals surface area (Å²) in [5.41, 5.74) is 0. The maximum Gasteiger partial charge on any atom is 0.220 e.